The van der Waals surface area contributed by atoms with Crippen LogP contribution in [0.3, 0.4) is 0 Å². The summed E-state index contributed by atoms with van der Waals surface area (Å²) in [7, 11) is 1.43. The number of esters is 1. The van der Waals surface area contributed by atoms with E-state index < -0.39 is 35.9 Å². The largest absolute Gasteiger partial charge is 0.481 e. The quantitative estimate of drug-likeness (QED) is 0.427. The fourth-order valence-corrected chi connectivity index (χ4v) is 3.40. The van der Waals surface area contributed by atoms with Crippen LogP contribution >= 0.6 is 0 Å². The first-order chi connectivity index (χ1) is 14.6. The summed E-state index contributed by atoms with van der Waals surface area (Å²) in [4.78, 5) is 25.9. The number of rotatable bonds is 6. The maximum Gasteiger partial charge on any atom is 0.422 e. The Kier molecular flexibility index (Phi) is 6.10. The molecule has 3 rings (SSSR count). The molecule has 10 heteroatoms. The minimum Gasteiger partial charge on any atom is -0.481 e. The van der Waals surface area contributed by atoms with Crippen molar-refractivity contribution in [3.63, 3.8) is 0 Å². The molecule has 0 aliphatic carbocycles. The van der Waals surface area contributed by atoms with Crippen molar-refractivity contribution in [3.8, 4) is 11.4 Å². The van der Waals surface area contributed by atoms with Crippen LogP contribution in [-0.2, 0) is 18.2 Å². The number of aryl methyl sites for hydroxylation is 2. The summed E-state index contributed by atoms with van der Waals surface area (Å²) in [6.45, 7) is 1.59. The summed E-state index contributed by atoms with van der Waals surface area (Å²) in [5.74, 6) is -2.03. The first kappa shape index (κ1) is 22.4. The molecule has 2 aromatic heterocycles. The van der Waals surface area contributed by atoms with E-state index in [0.717, 1.165) is 6.07 Å². The first-order valence-electron chi connectivity index (χ1n) is 9.49. The Balaban J connectivity index is 2.39. The SMILES string of the molecule is CCOC(=O)c1c(OCC(F)(F)F)c2c(=O)n(-c3cccc(F)c3)c(CC)cc2n1C. The van der Waals surface area contributed by atoms with Crippen molar-refractivity contribution in [1.82, 2.24) is 9.13 Å². The highest BCUT2D eigenvalue weighted by Crippen LogP contribution is 2.33. The molecule has 0 fully saturated rings. The molecule has 31 heavy (non-hydrogen) atoms. The summed E-state index contributed by atoms with van der Waals surface area (Å²) < 4.78 is 64.8. The van der Waals surface area contributed by atoms with E-state index in [1.54, 1.807) is 19.9 Å². The van der Waals surface area contributed by atoms with Crippen molar-refractivity contribution in [2.24, 2.45) is 7.05 Å². The van der Waals surface area contributed by atoms with Crippen molar-refractivity contribution < 1.29 is 31.8 Å². The average Bonchev–Trinajstić information content (AvgIpc) is 2.98. The van der Waals surface area contributed by atoms with Gasteiger partial charge in [-0.3, -0.25) is 9.36 Å². The van der Waals surface area contributed by atoms with Gasteiger partial charge in [-0.25, -0.2) is 9.18 Å². The van der Waals surface area contributed by atoms with Gasteiger partial charge in [0.25, 0.3) is 5.56 Å². The maximum absolute atomic E-state index is 13.8. The number of hydrogen-bond donors (Lipinski definition) is 0. The van der Waals surface area contributed by atoms with Crippen LogP contribution in [-0.4, -0.2) is 34.5 Å². The topological polar surface area (TPSA) is 62.5 Å². The van der Waals surface area contributed by atoms with Gasteiger partial charge in [-0.05, 0) is 37.6 Å². The second-order valence-corrected chi connectivity index (χ2v) is 6.73. The zero-order valence-corrected chi connectivity index (χ0v) is 17.0. The number of carbonyl (C=O) groups excluding carboxylic acids is 1. The van der Waals surface area contributed by atoms with E-state index >= 15 is 0 Å². The number of aromatic nitrogens is 2. The number of fused-ring (bicyclic) bond motifs is 1. The highest BCUT2D eigenvalue weighted by molar-refractivity contribution is 6.01. The standard InChI is InChI=1S/C21H20F4N2O4/c1-4-13-10-15-16(19(28)27(13)14-8-6-7-12(22)9-14)18(31-11-21(23,24)25)17(26(15)3)20(29)30-5-2/h6-10H,4-5,11H2,1-3H3. The molecule has 166 valence electrons. The van der Waals surface area contributed by atoms with E-state index in [9.17, 15) is 27.2 Å². The van der Waals surface area contributed by atoms with Gasteiger partial charge in [0.2, 0.25) is 0 Å². The number of pyridine rings is 1. The van der Waals surface area contributed by atoms with Gasteiger partial charge in [-0.15, -0.1) is 0 Å². The third-order valence-electron chi connectivity index (χ3n) is 4.68. The average molecular weight is 440 g/mol. The lowest BCUT2D eigenvalue weighted by Gasteiger charge is -2.13. The smallest absolute Gasteiger partial charge is 0.422 e. The minimum atomic E-state index is -4.70. The number of halogens is 4. The Bertz CT molecular complexity index is 1190. The first-order valence-corrected chi connectivity index (χ1v) is 9.49. The van der Waals surface area contributed by atoms with Crippen molar-refractivity contribution in [1.29, 1.82) is 0 Å². The lowest BCUT2D eigenvalue weighted by atomic mass is 10.2. The summed E-state index contributed by atoms with van der Waals surface area (Å²) in [5, 5.41) is -0.226. The van der Waals surface area contributed by atoms with Crippen molar-refractivity contribution in [3.05, 3.63) is 57.9 Å². The van der Waals surface area contributed by atoms with E-state index in [2.05, 4.69) is 0 Å². The Morgan fingerprint density at radius 3 is 2.45 bits per heavy atom. The molecule has 0 spiro atoms. The molecule has 0 aliphatic rings. The Morgan fingerprint density at radius 2 is 1.87 bits per heavy atom. The number of ether oxygens (including phenoxy) is 2. The minimum absolute atomic E-state index is 0.0210. The lowest BCUT2D eigenvalue weighted by molar-refractivity contribution is -0.153. The number of benzene rings is 1. The molecule has 0 amide bonds. The maximum atomic E-state index is 13.8. The lowest BCUT2D eigenvalue weighted by Crippen LogP contribution is -2.24. The Morgan fingerprint density at radius 1 is 1.16 bits per heavy atom. The van der Waals surface area contributed by atoms with Gasteiger partial charge in [-0.1, -0.05) is 13.0 Å². The third-order valence-corrected chi connectivity index (χ3v) is 4.68. The van der Waals surface area contributed by atoms with Crippen molar-refractivity contribution >= 4 is 16.9 Å². The molecule has 0 saturated heterocycles. The monoisotopic (exact) mass is 440 g/mol. The van der Waals surface area contributed by atoms with Crippen LogP contribution < -0.4 is 10.3 Å². The van der Waals surface area contributed by atoms with Crippen LogP contribution in [0.1, 0.15) is 30.0 Å². The Hall–Kier alpha value is -3.30. The summed E-state index contributed by atoms with van der Waals surface area (Å²) in [5.41, 5.74) is -0.163. The molecule has 1 aromatic carbocycles. The summed E-state index contributed by atoms with van der Waals surface area (Å²) in [6, 6.07) is 6.82. The molecular formula is C21H20F4N2O4. The molecule has 6 nitrogen and oxygen atoms in total. The molecule has 0 aliphatic heterocycles. The fraction of sp³-hybridized carbons (Fsp3) is 0.333. The molecule has 2 heterocycles. The van der Waals surface area contributed by atoms with E-state index in [0.29, 0.717) is 12.1 Å². The number of carbonyl (C=O) groups is 1. The third kappa shape index (κ3) is 4.28. The van der Waals surface area contributed by atoms with Gasteiger partial charge in [0.05, 0.1) is 17.8 Å². The van der Waals surface area contributed by atoms with Crippen molar-refractivity contribution in [2.45, 2.75) is 26.4 Å². The highest BCUT2D eigenvalue weighted by Gasteiger charge is 2.33. The van der Waals surface area contributed by atoms with Crippen LogP contribution in [0.15, 0.2) is 35.1 Å². The molecular weight excluding hydrogens is 420 g/mol. The Labute approximate surface area is 174 Å². The van der Waals surface area contributed by atoms with E-state index in [1.807, 2.05) is 0 Å². The van der Waals surface area contributed by atoms with Gasteiger partial charge in [0.15, 0.2) is 18.1 Å². The number of hydrogen-bond acceptors (Lipinski definition) is 4. The van der Waals surface area contributed by atoms with Crippen LogP contribution in [0.4, 0.5) is 17.6 Å². The molecule has 0 atom stereocenters. The van der Waals surface area contributed by atoms with Crippen LogP contribution in [0.2, 0.25) is 0 Å². The highest BCUT2D eigenvalue weighted by atomic mass is 19.4. The number of alkyl halides is 3. The van der Waals surface area contributed by atoms with E-state index in [1.165, 1.54) is 34.4 Å². The number of nitrogens with zero attached hydrogens (tertiary/aromatic N) is 2. The van der Waals surface area contributed by atoms with Gasteiger partial charge in [0.1, 0.15) is 11.2 Å². The van der Waals surface area contributed by atoms with Gasteiger partial charge in [-0.2, -0.15) is 13.2 Å². The van der Waals surface area contributed by atoms with Gasteiger partial charge < -0.3 is 14.0 Å². The molecule has 0 bridgehead atoms. The second-order valence-electron chi connectivity index (χ2n) is 6.73. The summed E-state index contributed by atoms with van der Waals surface area (Å²) in [6.07, 6.45) is -4.33. The molecule has 0 N–H and O–H groups in total. The molecule has 0 radical (unpaired) electrons. The van der Waals surface area contributed by atoms with Crippen LogP contribution in [0.5, 0.6) is 5.75 Å². The normalized spacial score (nSPS) is 11.7. The summed E-state index contributed by atoms with van der Waals surface area (Å²) >= 11 is 0. The molecule has 0 unspecified atom stereocenters. The fourth-order valence-electron chi connectivity index (χ4n) is 3.40. The zero-order chi connectivity index (χ0) is 22.9. The predicted octanol–water partition coefficient (Wildman–Crippen LogP) is 4.15. The van der Waals surface area contributed by atoms with Gasteiger partial charge >= 0.3 is 12.1 Å². The van der Waals surface area contributed by atoms with E-state index in [4.69, 9.17) is 9.47 Å². The van der Waals surface area contributed by atoms with Crippen LogP contribution in [0, 0.1) is 5.82 Å². The second kappa shape index (κ2) is 8.44. The molecule has 3 aromatic rings. The predicted molar refractivity (Wildman–Crippen MR) is 105 cm³/mol. The van der Waals surface area contributed by atoms with E-state index in [-0.39, 0.29) is 28.9 Å². The van der Waals surface area contributed by atoms with Crippen molar-refractivity contribution in [2.75, 3.05) is 13.2 Å². The van der Waals surface area contributed by atoms with Crippen LogP contribution in [0.25, 0.3) is 16.6 Å². The zero-order valence-electron chi connectivity index (χ0n) is 17.0. The molecule has 0 saturated carbocycles. The van der Waals surface area contributed by atoms with Gasteiger partial charge in [0, 0.05) is 12.7 Å².